The second-order valence-corrected chi connectivity index (χ2v) is 9.74. The van der Waals surface area contributed by atoms with Gasteiger partial charge < -0.3 is 9.88 Å². The van der Waals surface area contributed by atoms with Crippen molar-refractivity contribution in [2.24, 2.45) is 0 Å². The third kappa shape index (κ3) is 15.5. The van der Waals surface area contributed by atoms with Crippen molar-refractivity contribution in [1.82, 2.24) is 9.88 Å². The molecule has 0 atom stereocenters. The zero-order valence-electron chi connectivity index (χ0n) is 21.6. The smallest absolute Gasteiger partial charge is 0.270 e. The van der Waals surface area contributed by atoms with Gasteiger partial charge in [-0.3, -0.25) is 4.79 Å². The molecule has 1 amide bonds. The van der Waals surface area contributed by atoms with Gasteiger partial charge in [-0.25, -0.2) is 0 Å². The molecule has 1 N–H and O–H groups in total. The van der Waals surface area contributed by atoms with Gasteiger partial charge in [0.25, 0.3) is 5.91 Å². The largest absolute Gasteiger partial charge is 0.357 e. The Bertz CT molecular complexity index is 487. The topological polar surface area (TPSA) is 36.1 Å². The predicted molar refractivity (Wildman–Crippen MR) is 140 cm³/mol. The number of unbranched alkanes of at least 4 members (excludes halogenated alkanes) is 18. The average Bonchev–Trinajstić information content (AvgIpc) is 3.34. The highest BCUT2D eigenvalue weighted by Gasteiger charge is 2.15. The molecule has 3 heteroatoms. The summed E-state index contributed by atoms with van der Waals surface area (Å²) in [6, 6.07) is 3.83. The van der Waals surface area contributed by atoms with Crippen LogP contribution in [0.3, 0.4) is 0 Å². The Hall–Kier alpha value is -1.25. The fraction of sp³-hybridized carbons (Fsp3) is 0.828. The van der Waals surface area contributed by atoms with E-state index in [1.807, 2.05) is 18.3 Å². The Kier molecular flexibility index (Phi) is 19.4. The van der Waals surface area contributed by atoms with E-state index in [0.717, 1.165) is 31.6 Å². The van der Waals surface area contributed by atoms with Crippen LogP contribution < -0.4 is 0 Å². The number of carbonyl (C=O) groups is 1. The molecular formula is C29H54N2O. The second kappa shape index (κ2) is 21.6. The lowest BCUT2D eigenvalue weighted by atomic mass is 10.1. The van der Waals surface area contributed by atoms with Gasteiger partial charge >= 0.3 is 0 Å². The van der Waals surface area contributed by atoms with Gasteiger partial charge in [0.15, 0.2) is 0 Å². The van der Waals surface area contributed by atoms with Crippen molar-refractivity contribution in [2.45, 2.75) is 142 Å². The minimum Gasteiger partial charge on any atom is -0.357 e. The van der Waals surface area contributed by atoms with Gasteiger partial charge in [-0.2, -0.15) is 0 Å². The molecule has 0 unspecified atom stereocenters. The minimum atomic E-state index is 0.182. The van der Waals surface area contributed by atoms with Crippen LogP contribution in [0.1, 0.15) is 153 Å². The molecule has 0 spiro atoms. The van der Waals surface area contributed by atoms with Gasteiger partial charge in [-0.05, 0) is 25.0 Å². The molecule has 32 heavy (non-hydrogen) atoms. The maximum Gasteiger partial charge on any atom is 0.270 e. The van der Waals surface area contributed by atoms with Gasteiger partial charge in [-0.15, -0.1) is 0 Å². The number of nitrogens with zero attached hydrogens (tertiary/aromatic N) is 1. The lowest BCUT2D eigenvalue weighted by Gasteiger charge is -2.22. The number of hydrogen-bond acceptors (Lipinski definition) is 1. The molecule has 0 saturated heterocycles. The Labute approximate surface area is 200 Å². The van der Waals surface area contributed by atoms with Crippen molar-refractivity contribution < 1.29 is 4.79 Å². The quantitative estimate of drug-likeness (QED) is 0.167. The zero-order valence-corrected chi connectivity index (χ0v) is 21.6. The molecule has 0 aliphatic heterocycles. The molecule has 186 valence electrons. The first-order valence-electron chi connectivity index (χ1n) is 14.2. The minimum absolute atomic E-state index is 0.182. The highest BCUT2D eigenvalue weighted by molar-refractivity contribution is 5.92. The van der Waals surface area contributed by atoms with Gasteiger partial charge in [0.05, 0.1) is 0 Å². The highest BCUT2D eigenvalue weighted by atomic mass is 16.2. The van der Waals surface area contributed by atoms with Crippen molar-refractivity contribution in [2.75, 3.05) is 13.1 Å². The van der Waals surface area contributed by atoms with E-state index in [9.17, 15) is 4.79 Å². The summed E-state index contributed by atoms with van der Waals surface area (Å²) >= 11 is 0. The maximum absolute atomic E-state index is 12.9. The highest BCUT2D eigenvalue weighted by Crippen LogP contribution is 2.14. The first-order chi connectivity index (χ1) is 15.8. The van der Waals surface area contributed by atoms with Gasteiger partial charge in [0, 0.05) is 19.3 Å². The van der Waals surface area contributed by atoms with Gasteiger partial charge in [0.1, 0.15) is 5.69 Å². The van der Waals surface area contributed by atoms with Crippen LogP contribution in [-0.4, -0.2) is 28.9 Å². The van der Waals surface area contributed by atoms with E-state index in [4.69, 9.17) is 0 Å². The fourth-order valence-electron chi connectivity index (χ4n) is 4.53. The van der Waals surface area contributed by atoms with Crippen LogP contribution in [-0.2, 0) is 0 Å². The van der Waals surface area contributed by atoms with Crippen LogP contribution in [0.15, 0.2) is 18.3 Å². The third-order valence-corrected chi connectivity index (χ3v) is 6.68. The maximum atomic E-state index is 12.9. The van der Waals surface area contributed by atoms with Crippen LogP contribution in [0.4, 0.5) is 0 Å². The first kappa shape index (κ1) is 28.8. The van der Waals surface area contributed by atoms with Crippen molar-refractivity contribution in [3.05, 3.63) is 24.0 Å². The summed E-state index contributed by atoms with van der Waals surface area (Å²) in [5.41, 5.74) is 0.740. The molecule has 0 radical (unpaired) electrons. The van der Waals surface area contributed by atoms with Crippen LogP contribution in [0, 0.1) is 0 Å². The summed E-state index contributed by atoms with van der Waals surface area (Å²) in [6.45, 7) is 6.37. The molecule has 1 rings (SSSR count). The van der Waals surface area contributed by atoms with E-state index in [1.165, 1.54) is 116 Å². The third-order valence-electron chi connectivity index (χ3n) is 6.68. The normalized spacial score (nSPS) is 11.2. The molecule has 0 aliphatic rings. The number of rotatable bonds is 23. The Morgan fingerprint density at radius 1 is 0.625 bits per heavy atom. The molecule has 0 aliphatic carbocycles. The van der Waals surface area contributed by atoms with Crippen molar-refractivity contribution >= 4 is 5.91 Å². The number of H-pyrrole nitrogens is 1. The number of aromatic amines is 1. The lowest BCUT2D eigenvalue weighted by molar-refractivity contribution is 0.0744. The van der Waals surface area contributed by atoms with E-state index >= 15 is 0 Å². The van der Waals surface area contributed by atoms with Crippen molar-refractivity contribution in [3.63, 3.8) is 0 Å². The molecule has 3 nitrogen and oxygen atoms in total. The van der Waals surface area contributed by atoms with Gasteiger partial charge in [0.2, 0.25) is 0 Å². The Morgan fingerprint density at radius 3 is 1.34 bits per heavy atom. The van der Waals surface area contributed by atoms with E-state index < -0.39 is 0 Å². The summed E-state index contributed by atoms with van der Waals surface area (Å²) in [5, 5.41) is 0. The summed E-state index contributed by atoms with van der Waals surface area (Å²) in [4.78, 5) is 18.1. The second-order valence-electron chi connectivity index (χ2n) is 9.74. The van der Waals surface area contributed by atoms with Crippen LogP contribution >= 0.6 is 0 Å². The number of nitrogens with one attached hydrogen (secondary N) is 1. The summed E-state index contributed by atoms with van der Waals surface area (Å²) in [7, 11) is 0. The summed E-state index contributed by atoms with van der Waals surface area (Å²) < 4.78 is 0. The van der Waals surface area contributed by atoms with E-state index in [1.54, 1.807) is 0 Å². The SMILES string of the molecule is CCCCCCCCCCCCN(CCCCCCCCCCCC)C(=O)c1ccc[nH]1. The molecule has 0 fully saturated rings. The first-order valence-corrected chi connectivity index (χ1v) is 14.2. The van der Waals surface area contributed by atoms with Crippen molar-refractivity contribution in [1.29, 1.82) is 0 Å². The standard InChI is InChI=1S/C29H54N2O/c1-3-5-7-9-11-13-15-17-19-21-26-31(29(32)28-24-23-25-30-28)27-22-20-18-16-14-12-10-8-6-4-2/h23-25,30H,3-22,26-27H2,1-2H3. The molecule has 1 aromatic heterocycles. The summed E-state index contributed by atoms with van der Waals surface area (Å²) in [5.74, 6) is 0.182. The average molecular weight is 447 g/mol. The number of aromatic nitrogens is 1. The lowest BCUT2D eigenvalue weighted by Crippen LogP contribution is -2.33. The van der Waals surface area contributed by atoms with Gasteiger partial charge in [-0.1, -0.05) is 129 Å². The van der Waals surface area contributed by atoms with Crippen molar-refractivity contribution in [3.8, 4) is 0 Å². The number of hydrogen-bond donors (Lipinski definition) is 1. The number of carbonyl (C=O) groups excluding carboxylic acids is 1. The Balaban J connectivity index is 2.15. The molecule has 1 aromatic rings. The molecule has 0 aromatic carbocycles. The van der Waals surface area contributed by atoms with Crippen LogP contribution in [0.5, 0.6) is 0 Å². The number of amides is 1. The Morgan fingerprint density at radius 2 is 1.00 bits per heavy atom. The van der Waals surface area contributed by atoms with E-state index in [2.05, 4.69) is 23.7 Å². The molecule has 0 saturated carbocycles. The molecule has 0 bridgehead atoms. The van der Waals surface area contributed by atoms with E-state index in [-0.39, 0.29) is 5.91 Å². The predicted octanol–water partition coefficient (Wildman–Crippen LogP) is 9.30. The summed E-state index contributed by atoms with van der Waals surface area (Å²) in [6.07, 6.45) is 28.6. The monoisotopic (exact) mass is 446 g/mol. The fourth-order valence-corrected chi connectivity index (χ4v) is 4.53. The zero-order chi connectivity index (χ0) is 23.1. The van der Waals surface area contributed by atoms with Crippen LogP contribution in [0.25, 0.3) is 0 Å². The van der Waals surface area contributed by atoms with Crippen LogP contribution in [0.2, 0.25) is 0 Å². The molecule has 1 heterocycles. The van der Waals surface area contributed by atoms with E-state index in [0.29, 0.717) is 0 Å². The molecular weight excluding hydrogens is 392 g/mol.